The molecule has 0 aromatic heterocycles. The Morgan fingerprint density at radius 2 is 1.88 bits per heavy atom. The molecule has 0 aliphatic rings. The minimum atomic E-state index is -3.38. The number of benzene rings is 2. The molecule has 0 aliphatic carbocycles. The van der Waals surface area contributed by atoms with E-state index in [2.05, 4.69) is 32.6 Å². The van der Waals surface area contributed by atoms with Crippen LogP contribution in [0, 0.1) is 10.5 Å². The second kappa shape index (κ2) is 7.98. The lowest BCUT2D eigenvalue weighted by Crippen LogP contribution is -2.17. The lowest BCUT2D eigenvalue weighted by Gasteiger charge is -2.10. The van der Waals surface area contributed by atoms with Crippen molar-refractivity contribution in [2.75, 3.05) is 15.8 Å². The van der Waals surface area contributed by atoms with E-state index in [0.29, 0.717) is 23.4 Å². The molecule has 0 atom stereocenters. The number of sulfonamides is 1. The van der Waals surface area contributed by atoms with Crippen LogP contribution in [0.1, 0.15) is 29.3 Å². The molecule has 0 heterocycles. The van der Waals surface area contributed by atoms with Gasteiger partial charge in [-0.15, -0.1) is 0 Å². The second-order valence-corrected chi connectivity index (χ2v) is 8.42. The smallest absolute Gasteiger partial charge is 0.255 e. The number of hydrogen-bond acceptors (Lipinski definition) is 3. The highest BCUT2D eigenvalue weighted by molar-refractivity contribution is 14.1. The van der Waals surface area contributed by atoms with Crippen molar-refractivity contribution in [1.29, 1.82) is 0 Å². The van der Waals surface area contributed by atoms with E-state index in [4.69, 9.17) is 0 Å². The maximum Gasteiger partial charge on any atom is 0.255 e. The summed E-state index contributed by atoms with van der Waals surface area (Å²) in [6, 6.07) is 12.1. The molecule has 2 rings (SSSR count). The minimum Gasteiger partial charge on any atom is -0.322 e. The molecule has 0 bridgehead atoms. The van der Waals surface area contributed by atoms with Crippen LogP contribution in [0.15, 0.2) is 42.5 Å². The lowest BCUT2D eigenvalue weighted by atomic mass is 10.1. The van der Waals surface area contributed by atoms with Crippen molar-refractivity contribution in [3.63, 3.8) is 0 Å². The Kier molecular flexibility index (Phi) is 6.22. The van der Waals surface area contributed by atoms with Crippen LogP contribution in [0.3, 0.4) is 0 Å². The fourth-order valence-corrected chi connectivity index (χ4v) is 3.74. The summed E-state index contributed by atoms with van der Waals surface area (Å²) in [6.45, 7) is 3.80. The Bertz CT molecular complexity index is 851. The first-order valence-corrected chi connectivity index (χ1v) is 10.2. The predicted octanol–water partition coefficient (Wildman–Crippen LogP) is 4.00. The maximum absolute atomic E-state index is 12.4. The van der Waals surface area contributed by atoms with Gasteiger partial charge in [0.05, 0.1) is 5.75 Å². The van der Waals surface area contributed by atoms with E-state index >= 15 is 0 Å². The van der Waals surface area contributed by atoms with E-state index in [0.717, 1.165) is 9.13 Å². The number of nitrogens with one attached hydrogen (secondary N) is 2. The van der Waals surface area contributed by atoms with E-state index in [1.54, 1.807) is 25.1 Å². The lowest BCUT2D eigenvalue weighted by molar-refractivity contribution is 0.102. The molecular formula is C17H19IN2O3S. The zero-order valence-electron chi connectivity index (χ0n) is 13.5. The first-order chi connectivity index (χ1) is 11.3. The highest BCUT2D eigenvalue weighted by Crippen LogP contribution is 2.19. The summed E-state index contributed by atoms with van der Waals surface area (Å²) in [7, 11) is -3.38. The molecule has 0 fully saturated rings. The summed E-state index contributed by atoms with van der Waals surface area (Å²) in [5.74, 6) is -0.239. The number of rotatable bonds is 6. The molecule has 24 heavy (non-hydrogen) atoms. The van der Waals surface area contributed by atoms with Gasteiger partial charge in [0.1, 0.15) is 0 Å². The molecule has 2 aromatic rings. The van der Waals surface area contributed by atoms with Crippen molar-refractivity contribution in [2.45, 2.75) is 20.3 Å². The van der Waals surface area contributed by atoms with Gasteiger partial charge >= 0.3 is 0 Å². The molecule has 0 unspecified atom stereocenters. The number of carbonyl (C=O) groups is 1. The largest absolute Gasteiger partial charge is 0.322 e. The van der Waals surface area contributed by atoms with Gasteiger partial charge in [0, 0.05) is 20.5 Å². The summed E-state index contributed by atoms with van der Waals surface area (Å²) in [5, 5.41) is 2.82. The van der Waals surface area contributed by atoms with Gasteiger partial charge in [-0.2, -0.15) is 0 Å². The van der Waals surface area contributed by atoms with Gasteiger partial charge in [0.25, 0.3) is 5.91 Å². The summed E-state index contributed by atoms with van der Waals surface area (Å²) >= 11 is 2.21. The van der Waals surface area contributed by atoms with Gasteiger partial charge in [-0.05, 0) is 71.8 Å². The van der Waals surface area contributed by atoms with Gasteiger partial charge in [-0.3, -0.25) is 9.52 Å². The van der Waals surface area contributed by atoms with Crippen molar-refractivity contribution in [3.8, 4) is 0 Å². The zero-order chi connectivity index (χ0) is 17.7. The standard InChI is InChI=1S/C17H19IN2O3S/c1-3-9-24(22,23)20-15-6-4-5-13(10-15)17(21)19-14-8-7-12(2)16(18)11-14/h4-8,10-11,20H,3,9H2,1-2H3,(H,19,21). The molecule has 5 nitrogen and oxygen atoms in total. The van der Waals surface area contributed by atoms with Crippen molar-refractivity contribution < 1.29 is 13.2 Å². The van der Waals surface area contributed by atoms with E-state index in [1.807, 2.05) is 25.1 Å². The molecule has 7 heteroatoms. The third-order valence-corrected chi connectivity index (χ3v) is 5.96. The van der Waals surface area contributed by atoms with Crippen LogP contribution in [0.5, 0.6) is 0 Å². The van der Waals surface area contributed by atoms with Crippen LogP contribution in [-0.2, 0) is 10.0 Å². The molecule has 0 spiro atoms. The Labute approximate surface area is 156 Å². The first-order valence-electron chi connectivity index (χ1n) is 7.49. The van der Waals surface area contributed by atoms with E-state index in [9.17, 15) is 13.2 Å². The topological polar surface area (TPSA) is 75.3 Å². The fourth-order valence-electron chi connectivity index (χ4n) is 2.10. The van der Waals surface area contributed by atoms with Gasteiger partial charge in [-0.25, -0.2) is 8.42 Å². The summed E-state index contributed by atoms with van der Waals surface area (Å²) in [6.07, 6.45) is 0.529. The Balaban J connectivity index is 2.15. The highest BCUT2D eigenvalue weighted by atomic mass is 127. The second-order valence-electron chi connectivity index (χ2n) is 5.42. The van der Waals surface area contributed by atoms with Crippen LogP contribution in [0.4, 0.5) is 11.4 Å². The molecule has 0 radical (unpaired) electrons. The van der Waals surface area contributed by atoms with Crippen molar-refractivity contribution >= 4 is 49.9 Å². The number of hydrogen-bond donors (Lipinski definition) is 2. The van der Waals surface area contributed by atoms with Crippen molar-refractivity contribution in [1.82, 2.24) is 0 Å². The van der Waals surface area contributed by atoms with Crippen molar-refractivity contribution in [3.05, 3.63) is 57.2 Å². The van der Waals surface area contributed by atoms with Crippen molar-refractivity contribution in [2.24, 2.45) is 0 Å². The third-order valence-electron chi connectivity index (χ3n) is 3.30. The molecule has 0 saturated heterocycles. The third kappa shape index (κ3) is 5.20. The molecular weight excluding hydrogens is 439 g/mol. The molecule has 2 aromatic carbocycles. The van der Waals surface area contributed by atoms with E-state index in [-0.39, 0.29) is 11.7 Å². The van der Waals surface area contributed by atoms with Gasteiger partial charge in [0.15, 0.2) is 0 Å². The zero-order valence-corrected chi connectivity index (χ0v) is 16.4. The monoisotopic (exact) mass is 458 g/mol. The summed E-state index contributed by atoms with van der Waals surface area (Å²) in [5.41, 5.74) is 2.62. The normalized spacial score (nSPS) is 11.1. The highest BCUT2D eigenvalue weighted by Gasteiger charge is 2.11. The predicted molar refractivity (Wildman–Crippen MR) is 106 cm³/mol. The maximum atomic E-state index is 12.4. The van der Waals surface area contributed by atoms with Crippen LogP contribution in [0.25, 0.3) is 0 Å². The number of amides is 1. The molecule has 0 aliphatic heterocycles. The van der Waals surface area contributed by atoms with Crippen LogP contribution < -0.4 is 10.0 Å². The van der Waals surface area contributed by atoms with Gasteiger partial charge < -0.3 is 5.32 Å². The Morgan fingerprint density at radius 3 is 2.54 bits per heavy atom. The van der Waals surface area contributed by atoms with E-state index < -0.39 is 10.0 Å². The number of carbonyl (C=O) groups excluding carboxylic acids is 1. The van der Waals surface area contributed by atoms with E-state index in [1.165, 1.54) is 6.07 Å². The van der Waals surface area contributed by atoms with Crippen LogP contribution in [0.2, 0.25) is 0 Å². The molecule has 2 N–H and O–H groups in total. The average molecular weight is 458 g/mol. The quantitative estimate of drug-likeness (QED) is 0.643. The summed E-state index contributed by atoms with van der Waals surface area (Å²) < 4.78 is 27.2. The van der Waals surface area contributed by atoms with Gasteiger partial charge in [-0.1, -0.05) is 19.1 Å². The van der Waals surface area contributed by atoms with Crippen LogP contribution in [-0.4, -0.2) is 20.1 Å². The molecule has 128 valence electrons. The van der Waals surface area contributed by atoms with Crippen LogP contribution >= 0.6 is 22.6 Å². The first kappa shape index (κ1) is 18.7. The number of anilines is 2. The number of halogens is 1. The SMILES string of the molecule is CCCS(=O)(=O)Nc1cccc(C(=O)Nc2ccc(C)c(I)c2)c1. The van der Waals surface area contributed by atoms with Gasteiger partial charge in [0.2, 0.25) is 10.0 Å². The Morgan fingerprint density at radius 1 is 1.12 bits per heavy atom. The average Bonchev–Trinajstić information content (AvgIpc) is 2.50. The Hall–Kier alpha value is -1.61. The molecule has 0 saturated carbocycles. The minimum absolute atomic E-state index is 0.0469. The molecule has 1 amide bonds. The summed E-state index contributed by atoms with van der Waals surface area (Å²) in [4.78, 5) is 12.4. The number of aryl methyl sites for hydroxylation is 1. The fraction of sp³-hybridized carbons (Fsp3) is 0.235.